The zero-order chi connectivity index (χ0) is 17.0. The van der Waals surface area contributed by atoms with Gasteiger partial charge in [-0.05, 0) is 18.1 Å². The normalized spacial score (nSPS) is 10.1. The number of amides is 1. The third-order valence-corrected chi connectivity index (χ3v) is 3.29. The molecule has 2 rings (SSSR count). The lowest BCUT2D eigenvalue weighted by Gasteiger charge is -2.08. The van der Waals surface area contributed by atoms with E-state index in [2.05, 4.69) is 5.32 Å². The highest BCUT2D eigenvalue weighted by molar-refractivity contribution is 5.95. The molecule has 2 aromatic rings. The first-order valence-corrected chi connectivity index (χ1v) is 6.65. The minimum absolute atomic E-state index is 0.125. The largest absolute Gasteiger partial charge is 0.348 e. The van der Waals surface area contributed by atoms with Crippen LogP contribution in [0.4, 0.5) is 11.4 Å². The maximum Gasteiger partial charge on any atom is 0.277 e. The van der Waals surface area contributed by atoms with E-state index < -0.39 is 27.1 Å². The highest BCUT2D eigenvalue weighted by Gasteiger charge is 2.19. The van der Waals surface area contributed by atoms with Crippen LogP contribution in [-0.4, -0.2) is 15.8 Å². The molecular formula is C15H13N3O5. The van der Waals surface area contributed by atoms with Crippen LogP contribution in [0, 0.1) is 27.2 Å². The number of nitrogens with one attached hydrogen (secondary N) is 1. The van der Waals surface area contributed by atoms with Crippen molar-refractivity contribution in [1.29, 1.82) is 0 Å². The quantitative estimate of drug-likeness (QED) is 0.672. The van der Waals surface area contributed by atoms with E-state index in [1.54, 1.807) is 0 Å². The number of hydrogen-bond acceptors (Lipinski definition) is 5. The molecule has 0 heterocycles. The van der Waals surface area contributed by atoms with Gasteiger partial charge >= 0.3 is 0 Å². The molecule has 0 aliphatic carbocycles. The SMILES string of the molecule is Cc1ccccc1CNC(=O)c1cc([N+](=O)[O-])cc([N+](=O)[O-])c1. The van der Waals surface area contributed by atoms with Crippen LogP contribution < -0.4 is 5.32 Å². The zero-order valence-electron chi connectivity index (χ0n) is 12.2. The fraction of sp³-hybridized carbons (Fsp3) is 0.133. The van der Waals surface area contributed by atoms with Crippen molar-refractivity contribution >= 4 is 17.3 Å². The molecule has 0 aromatic heterocycles. The maximum absolute atomic E-state index is 12.1. The monoisotopic (exact) mass is 315 g/mol. The van der Waals surface area contributed by atoms with Crippen molar-refractivity contribution in [3.8, 4) is 0 Å². The molecule has 0 fully saturated rings. The van der Waals surface area contributed by atoms with Gasteiger partial charge in [-0.2, -0.15) is 0 Å². The molecule has 118 valence electrons. The zero-order valence-corrected chi connectivity index (χ0v) is 12.2. The third-order valence-electron chi connectivity index (χ3n) is 3.29. The van der Waals surface area contributed by atoms with E-state index in [9.17, 15) is 25.0 Å². The van der Waals surface area contributed by atoms with Crippen LogP contribution in [-0.2, 0) is 6.54 Å². The Morgan fingerprint density at radius 1 is 1.04 bits per heavy atom. The highest BCUT2D eigenvalue weighted by Crippen LogP contribution is 2.22. The van der Waals surface area contributed by atoms with Gasteiger partial charge in [0.15, 0.2) is 0 Å². The van der Waals surface area contributed by atoms with Crippen LogP contribution in [0.2, 0.25) is 0 Å². The predicted molar refractivity (Wildman–Crippen MR) is 82.1 cm³/mol. The Balaban J connectivity index is 2.23. The summed E-state index contributed by atoms with van der Waals surface area (Å²) in [7, 11) is 0. The number of nitrogens with zero attached hydrogens (tertiary/aromatic N) is 2. The Morgan fingerprint density at radius 3 is 2.13 bits per heavy atom. The molecule has 0 saturated carbocycles. The van der Waals surface area contributed by atoms with Crippen molar-refractivity contribution in [3.63, 3.8) is 0 Å². The molecule has 0 spiro atoms. The Labute approximate surface area is 131 Å². The molecule has 0 bridgehead atoms. The summed E-state index contributed by atoms with van der Waals surface area (Å²) < 4.78 is 0. The summed E-state index contributed by atoms with van der Waals surface area (Å²) in [4.78, 5) is 32.2. The first-order valence-electron chi connectivity index (χ1n) is 6.65. The Hall–Kier alpha value is -3.29. The van der Waals surface area contributed by atoms with Crippen LogP contribution in [0.5, 0.6) is 0 Å². The minimum atomic E-state index is -0.773. The van der Waals surface area contributed by atoms with Gasteiger partial charge in [0.05, 0.1) is 21.5 Å². The standard InChI is InChI=1S/C15H13N3O5/c1-10-4-2-3-5-11(10)9-16-15(19)12-6-13(17(20)21)8-14(7-12)18(22)23/h2-8H,9H2,1H3,(H,16,19). The fourth-order valence-electron chi connectivity index (χ4n) is 2.02. The lowest BCUT2D eigenvalue weighted by Crippen LogP contribution is -2.23. The van der Waals surface area contributed by atoms with E-state index in [4.69, 9.17) is 0 Å². The molecule has 0 saturated heterocycles. The lowest BCUT2D eigenvalue weighted by atomic mass is 10.1. The van der Waals surface area contributed by atoms with Crippen LogP contribution in [0.1, 0.15) is 21.5 Å². The summed E-state index contributed by atoms with van der Waals surface area (Å²) >= 11 is 0. The second kappa shape index (κ2) is 6.65. The number of aryl methyl sites for hydroxylation is 1. The minimum Gasteiger partial charge on any atom is -0.348 e. The highest BCUT2D eigenvalue weighted by atomic mass is 16.6. The van der Waals surface area contributed by atoms with Crippen molar-refractivity contribution in [3.05, 3.63) is 79.4 Å². The average Bonchev–Trinajstić information content (AvgIpc) is 2.53. The number of benzene rings is 2. The summed E-state index contributed by atoms with van der Waals surface area (Å²) in [5, 5.41) is 24.3. The van der Waals surface area contributed by atoms with Crippen LogP contribution in [0.15, 0.2) is 42.5 Å². The van der Waals surface area contributed by atoms with Gasteiger partial charge in [0, 0.05) is 18.7 Å². The molecule has 0 aliphatic rings. The van der Waals surface area contributed by atoms with Crippen molar-refractivity contribution in [2.75, 3.05) is 0 Å². The Bertz CT molecular complexity index is 756. The van der Waals surface area contributed by atoms with Crippen molar-refractivity contribution < 1.29 is 14.6 Å². The summed E-state index contributed by atoms with van der Waals surface area (Å²) in [6, 6.07) is 10.3. The van der Waals surface area contributed by atoms with Gasteiger partial charge in [-0.1, -0.05) is 24.3 Å². The van der Waals surface area contributed by atoms with Gasteiger partial charge in [-0.3, -0.25) is 25.0 Å². The number of non-ortho nitro benzene ring substituents is 2. The van der Waals surface area contributed by atoms with Crippen LogP contribution >= 0.6 is 0 Å². The molecule has 1 amide bonds. The number of rotatable bonds is 5. The molecule has 0 atom stereocenters. The van der Waals surface area contributed by atoms with E-state index in [0.717, 1.165) is 29.3 Å². The van der Waals surface area contributed by atoms with Gasteiger partial charge < -0.3 is 5.32 Å². The molecule has 0 unspecified atom stereocenters. The maximum atomic E-state index is 12.1. The van der Waals surface area contributed by atoms with E-state index >= 15 is 0 Å². The Kier molecular flexibility index (Phi) is 4.65. The summed E-state index contributed by atoms with van der Waals surface area (Å²) in [6.45, 7) is 2.11. The van der Waals surface area contributed by atoms with Gasteiger partial charge in [-0.25, -0.2) is 0 Å². The molecule has 1 N–H and O–H groups in total. The Morgan fingerprint density at radius 2 is 1.61 bits per heavy atom. The molecule has 8 nitrogen and oxygen atoms in total. The topological polar surface area (TPSA) is 115 Å². The molecule has 23 heavy (non-hydrogen) atoms. The summed E-state index contributed by atoms with van der Waals surface area (Å²) in [5.74, 6) is -0.611. The molecular weight excluding hydrogens is 302 g/mol. The summed E-state index contributed by atoms with van der Waals surface area (Å²) in [6.07, 6.45) is 0. The summed E-state index contributed by atoms with van der Waals surface area (Å²) in [5.41, 5.74) is 0.749. The first-order chi connectivity index (χ1) is 10.9. The first kappa shape index (κ1) is 16.1. The number of nitro benzene ring substituents is 2. The van der Waals surface area contributed by atoms with E-state index in [-0.39, 0.29) is 12.1 Å². The van der Waals surface area contributed by atoms with Crippen molar-refractivity contribution in [2.24, 2.45) is 0 Å². The van der Waals surface area contributed by atoms with Crippen LogP contribution in [0.25, 0.3) is 0 Å². The molecule has 2 aromatic carbocycles. The number of carbonyl (C=O) groups is 1. The fourth-order valence-corrected chi connectivity index (χ4v) is 2.02. The molecule has 8 heteroatoms. The van der Waals surface area contributed by atoms with Crippen LogP contribution in [0.3, 0.4) is 0 Å². The van der Waals surface area contributed by atoms with Gasteiger partial charge in [0.2, 0.25) is 0 Å². The second-order valence-electron chi connectivity index (χ2n) is 4.86. The lowest BCUT2D eigenvalue weighted by molar-refractivity contribution is -0.394. The molecule has 0 aliphatic heterocycles. The van der Waals surface area contributed by atoms with E-state index in [0.29, 0.717) is 0 Å². The number of hydrogen-bond donors (Lipinski definition) is 1. The van der Waals surface area contributed by atoms with Gasteiger partial charge in [0.25, 0.3) is 17.3 Å². The van der Waals surface area contributed by atoms with Crippen molar-refractivity contribution in [1.82, 2.24) is 5.32 Å². The number of nitro groups is 2. The third kappa shape index (κ3) is 3.88. The number of carbonyl (C=O) groups excluding carboxylic acids is 1. The predicted octanol–water partition coefficient (Wildman–Crippen LogP) is 2.74. The van der Waals surface area contributed by atoms with E-state index in [1.165, 1.54) is 0 Å². The van der Waals surface area contributed by atoms with Gasteiger partial charge in [0.1, 0.15) is 0 Å². The van der Waals surface area contributed by atoms with Gasteiger partial charge in [-0.15, -0.1) is 0 Å². The van der Waals surface area contributed by atoms with E-state index in [1.807, 2.05) is 31.2 Å². The van der Waals surface area contributed by atoms with Crippen molar-refractivity contribution in [2.45, 2.75) is 13.5 Å². The molecule has 0 radical (unpaired) electrons. The average molecular weight is 315 g/mol. The smallest absolute Gasteiger partial charge is 0.277 e. The second-order valence-corrected chi connectivity index (χ2v) is 4.86.